The number of sulfone groups is 1. The zero-order chi connectivity index (χ0) is 25.8. The number of carbonyl (C=O) groups is 1. The quantitative estimate of drug-likeness (QED) is 0.236. The van der Waals surface area contributed by atoms with Gasteiger partial charge in [-0.05, 0) is 73.4 Å². The van der Waals surface area contributed by atoms with Crippen molar-refractivity contribution < 1.29 is 33.0 Å². The van der Waals surface area contributed by atoms with Crippen molar-refractivity contribution in [3.8, 4) is 22.7 Å². The molecule has 1 unspecified atom stereocenters. The molecule has 0 radical (unpaired) electrons. The van der Waals surface area contributed by atoms with Gasteiger partial charge in [0.05, 0.1) is 30.2 Å². The third-order valence-corrected chi connectivity index (χ3v) is 6.83. The molecule has 0 aliphatic heterocycles. The number of benzene rings is 2. The highest BCUT2D eigenvalue weighted by atomic mass is 32.2. The van der Waals surface area contributed by atoms with Crippen LogP contribution in [0.3, 0.4) is 0 Å². The van der Waals surface area contributed by atoms with Crippen LogP contribution in [0.25, 0.3) is 16.9 Å². The lowest BCUT2D eigenvalue weighted by atomic mass is 9.94. The van der Waals surface area contributed by atoms with E-state index in [9.17, 15) is 28.4 Å². The van der Waals surface area contributed by atoms with Gasteiger partial charge in [0.2, 0.25) is 0 Å². The van der Waals surface area contributed by atoms with E-state index in [4.69, 9.17) is 4.74 Å². The van der Waals surface area contributed by atoms with E-state index >= 15 is 0 Å². The molecular formula is C24H26N2O8S. The third kappa shape index (κ3) is 5.99. The van der Waals surface area contributed by atoms with Crippen molar-refractivity contribution in [1.29, 1.82) is 0 Å². The van der Waals surface area contributed by atoms with Gasteiger partial charge in [0, 0.05) is 17.6 Å². The number of methoxy groups -OCH3 is 1. The molecule has 1 heterocycles. The molecular weight excluding hydrogens is 476 g/mol. The van der Waals surface area contributed by atoms with Crippen LogP contribution in [0.15, 0.2) is 59.5 Å². The van der Waals surface area contributed by atoms with Crippen molar-refractivity contribution >= 4 is 15.8 Å². The zero-order valence-electron chi connectivity index (χ0n) is 19.5. The standard InChI is InChI=1S/C24H26N2O8S/c1-16-22(21(24(27)28)5-4-14-34-26(29)30)15-23(17-6-12-20(13-7-17)35(3,31)32)25(16)18-8-10-19(33-2)11-9-18/h6-13,15,21H,4-5,14H2,1-3H3,(H,27,28). The van der Waals surface area contributed by atoms with Gasteiger partial charge in [-0.15, -0.1) is 10.1 Å². The molecule has 1 N–H and O–H groups in total. The number of aromatic nitrogens is 1. The number of carboxylic acids is 1. The Morgan fingerprint density at radius 3 is 2.29 bits per heavy atom. The fourth-order valence-electron chi connectivity index (χ4n) is 3.97. The van der Waals surface area contributed by atoms with Crippen LogP contribution < -0.4 is 4.74 Å². The van der Waals surface area contributed by atoms with Crippen LogP contribution in [0.4, 0.5) is 0 Å². The molecule has 0 bridgehead atoms. The number of aliphatic carboxylic acids is 1. The lowest BCUT2D eigenvalue weighted by molar-refractivity contribution is -0.757. The van der Waals surface area contributed by atoms with Crippen molar-refractivity contribution in [2.75, 3.05) is 20.0 Å². The smallest absolute Gasteiger partial charge is 0.311 e. The van der Waals surface area contributed by atoms with E-state index in [1.165, 1.54) is 12.1 Å². The van der Waals surface area contributed by atoms with Gasteiger partial charge in [0.1, 0.15) is 5.75 Å². The van der Waals surface area contributed by atoms with E-state index in [1.807, 2.05) is 16.7 Å². The Hall–Kier alpha value is -3.86. The molecule has 0 fully saturated rings. The lowest BCUT2D eigenvalue weighted by Crippen LogP contribution is -2.14. The molecule has 1 atom stereocenters. The average molecular weight is 503 g/mol. The highest BCUT2D eigenvalue weighted by molar-refractivity contribution is 7.90. The van der Waals surface area contributed by atoms with Crippen LogP contribution in [-0.2, 0) is 19.5 Å². The average Bonchev–Trinajstić information content (AvgIpc) is 3.14. The molecule has 0 amide bonds. The summed E-state index contributed by atoms with van der Waals surface area (Å²) in [7, 11) is -1.82. The molecule has 11 heteroatoms. The number of carboxylic acid groups (broad SMARTS) is 1. The van der Waals surface area contributed by atoms with E-state index in [-0.39, 0.29) is 24.3 Å². The first-order valence-corrected chi connectivity index (χ1v) is 12.6. The number of hydrogen-bond donors (Lipinski definition) is 1. The summed E-state index contributed by atoms with van der Waals surface area (Å²) >= 11 is 0. The van der Waals surface area contributed by atoms with Gasteiger partial charge in [-0.3, -0.25) is 4.79 Å². The Morgan fingerprint density at radius 1 is 1.14 bits per heavy atom. The Balaban J connectivity index is 2.11. The predicted octanol–water partition coefficient (Wildman–Crippen LogP) is 4.02. The highest BCUT2D eigenvalue weighted by Gasteiger charge is 2.26. The topological polar surface area (TPSA) is 138 Å². The number of nitrogens with zero attached hydrogens (tertiary/aromatic N) is 2. The summed E-state index contributed by atoms with van der Waals surface area (Å²) in [4.78, 5) is 27.1. The summed E-state index contributed by atoms with van der Waals surface area (Å²) in [5, 5.41) is 19.4. The minimum Gasteiger partial charge on any atom is -0.497 e. The van der Waals surface area contributed by atoms with Gasteiger partial charge >= 0.3 is 5.97 Å². The SMILES string of the molecule is COc1ccc(-n2c(-c3ccc(S(C)(=O)=O)cc3)cc(C(CCCO[N+](=O)[O-])C(=O)O)c2C)cc1. The van der Waals surface area contributed by atoms with E-state index < -0.39 is 26.8 Å². The minimum atomic E-state index is -3.38. The number of hydrogen-bond acceptors (Lipinski definition) is 7. The summed E-state index contributed by atoms with van der Waals surface area (Å²) in [6, 6.07) is 15.4. The first kappa shape index (κ1) is 25.8. The van der Waals surface area contributed by atoms with Crippen LogP contribution in [0, 0.1) is 17.0 Å². The molecule has 0 aliphatic rings. The molecule has 0 saturated heterocycles. The largest absolute Gasteiger partial charge is 0.497 e. The maximum atomic E-state index is 12.1. The molecule has 0 saturated carbocycles. The van der Waals surface area contributed by atoms with Crippen LogP contribution in [0.5, 0.6) is 5.75 Å². The van der Waals surface area contributed by atoms with Crippen LogP contribution in [0.2, 0.25) is 0 Å². The molecule has 0 spiro atoms. The fraction of sp³-hybridized carbons (Fsp3) is 0.292. The third-order valence-electron chi connectivity index (χ3n) is 5.70. The maximum Gasteiger partial charge on any atom is 0.311 e. The van der Waals surface area contributed by atoms with E-state index in [1.54, 1.807) is 44.4 Å². The van der Waals surface area contributed by atoms with Crippen molar-refractivity contribution in [2.45, 2.75) is 30.6 Å². The summed E-state index contributed by atoms with van der Waals surface area (Å²) in [5.41, 5.74) is 3.37. The summed E-state index contributed by atoms with van der Waals surface area (Å²) in [5.74, 6) is -1.31. The Labute approximate surface area is 202 Å². The van der Waals surface area contributed by atoms with Crippen molar-refractivity contribution in [1.82, 2.24) is 4.57 Å². The fourth-order valence-corrected chi connectivity index (χ4v) is 4.60. The Kier molecular flexibility index (Phi) is 7.80. The summed E-state index contributed by atoms with van der Waals surface area (Å²) in [6.07, 6.45) is 1.46. The second kappa shape index (κ2) is 10.6. The first-order valence-electron chi connectivity index (χ1n) is 10.7. The van der Waals surface area contributed by atoms with Gasteiger partial charge < -0.3 is 19.2 Å². The van der Waals surface area contributed by atoms with Gasteiger partial charge in [-0.25, -0.2) is 8.42 Å². The van der Waals surface area contributed by atoms with E-state index in [0.717, 1.165) is 11.9 Å². The summed E-state index contributed by atoms with van der Waals surface area (Å²) < 4.78 is 30.9. The molecule has 2 aromatic carbocycles. The highest BCUT2D eigenvalue weighted by Crippen LogP contribution is 2.35. The first-order chi connectivity index (χ1) is 16.5. The summed E-state index contributed by atoms with van der Waals surface area (Å²) in [6.45, 7) is 1.60. The number of rotatable bonds is 11. The molecule has 1 aromatic heterocycles. The molecule has 186 valence electrons. The Morgan fingerprint density at radius 2 is 1.77 bits per heavy atom. The zero-order valence-corrected chi connectivity index (χ0v) is 20.3. The predicted molar refractivity (Wildman–Crippen MR) is 128 cm³/mol. The van der Waals surface area contributed by atoms with Gasteiger partial charge in [0.25, 0.3) is 5.09 Å². The number of ether oxygens (including phenoxy) is 1. The van der Waals surface area contributed by atoms with Crippen molar-refractivity contribution in [3.63, 3.8) is 0 Å². The molecule has 10 nitrogen and oxygen atoms in total. The second-order valence-corrected chi connectivity index (χ2v) is 10.0. The van der Waals surface area contributed by atoms with Gasteiger partial charge in [-0.1, -0.05) is 12.1 Å². The monoisotopic (exact) mass is 502 g/mol. The lowest BCUT2D eigenvalue weighted by Gasteiger charge is -2.15. The molecule has 3 rings (SSSR count). The molecule has 0 aliphatic carbocycles. The molecule has 3 aromatic rings. The maximum absolute atomic E-state index is 12.1. The van der Waals surface area contributed by atoms with Crippen molar-refractivity contribution in [3.05, 3.63) is 76.0 Å². The van der Waals surface area contributed by atoms with E-state index in [2.05, 4.69) is 4.84 Å². The molecule has 35 heavy (non-hydrogen) atoms. The Bertz CT molecular complexity index is 1310. The van der Waals surface area contributed by atoms with Crippen LogP contribution >= 0.6 is 0 Å². The van der Waals surface area contributed by atoms with Crippen LogP contribution in [0.1, 0.15) is 30.0 Å². The van der Waals surface area contributed by atoms with Gasteiger partial charge in [0.15, 0.2) is 9.84 Å². The van der Waals surface area contributed by atoms with E-state index in [0.29, 0.717) is 28.3 Å². The normalized spacial score (nSPS) is 12.2. The second-order valence-electron chi connectivity index (χ2n) is 7.99. The van der Waals surface area contributed by atoms with Crippen molar-refractivity contribution in [2.24, 2.45) is 0 Å². The van der Waals surface area contributed by atoms with Gasteiger partial charge in [-0.2, -0.15) is 0 Å². The minimum absolute atomic E-state index is 0.142. The van der Waals surface area contributed by atoms with Crippen LogP contribution in [-0.4, -0.2) is 49.1 Å².